The molecule has 1 aliphatic rings. The first-order valence-corrected chi connectivity index (χ1v) is 7.64. The highest BCUT2D eigenvalue weighted by Crippen LogP contribution is 2.29. The Morgan fingerprint density at radius 2 is 2.10 bits per heavy atom. The van der Waals surface area contributed by atoms with E-state index >= 15 is 0 Å². The first kappa shape index (κ1) is 15.0. The third kappa shape index (κ3) is 3.83. The quantitative estimate of drug-likeness (QED) is 0.866. The van der Waals surface area contributed by atoms with Crippen LogP contribution in [0.3, 0.4) is 0 Å². The molecule has 2 rings (SSSR count). The van der Waals surface area contributed by atoms with E-state index in [1.54, 1.807) is 0 Å². The molecule has 0 spiro atoms. The van der Waals surface area contributed by atoms with E-state index in [0.717, 1.165) is 19.3 Å². The summed E-state index contributed by atoms with van der Waals surface area (Å²) in [6, 6.07) is 8.87. The van der Waals surface area contributed by atoms with Gasteiger partial charge in [-0.05, 0) is 50.7 Å². The molecule has 1 aromatic carbocycles. The van der Waals surface area contributed by atoms with Gasteiger partial charge in [0.05, 0.1) is 6.54 Å². The minimum atomic E-state index is -0.122. The van der Waals surface area contributed by atoms with Crippen LogP contribution in [0, 0.1) is 0 Å². The lowest BCUT2D eigenvalue weighted by molar-refractivity contribution is -0.122. The Kier molecular flexibility index (Phi) is 4.81. The maximum Gasteiger partial charge on any atom is 0.234 e. The minimum absolute atomic E-state index is 0.0832. The van der Waals surface area contributed by atoms with Gasteiger partial charge in [0.25, 0.3) is 0 Å². The number of rotatable bonds is 5. The van der Waals surface area contributed by atoms with Crippen LogP contribution >= 0.6 is 0 Å². The Bertz CT molecular complexity index is 468. The fraction of sp³-hybridized carbons (Fsp3) is 0.588. The summed E-state index contributed by atoms with van der Waals surface area (Å²) in [5, 5.41) is 6.48. The van der Waals surface area contributed by atoms with E-state index in [0.29, 0.717) is 12.6 Å². The zero-order valence-corrected chi connectivity index (χ0v) is 12.8. The first-order valence-electron chi connectivity index (χ1n) is 7.64. The Balaban J connectivity index is 1.91. The van der Waals surface area contributed by atoms with Crippen LogP contribution in [0.2, 0.25) is 0 Å². The van der Waals surface area contributed by atoms with Crippen LogP contribution in [0.25, 0.3) is 0 Å². The fourth-order valence-corrected chi connectivity index (χ4v) is 2.69. The molecule has 1 amide bonds. The minimum Gasteiger partial charge on any atom is -0.350 e. The molecule has 110 valence electrons. The second-order valence-corrected chi connectivity index (χ2v) is 6.31. The molecule has 1 aromatic rings. The molecule has 0 heterocycles. The topological polar surface area (TPSA) is 41.1 Å². The molecule has 0 fully saturated rings. The van der Waals surface area contributed by atoms with Crippen LogP contribution in [0.5, 0.6) is 0 Å². The van der Waals surface area contributed by atoms with Crippen LogP contribution in [0.15, 0.2) is 24.3 Å². The molecule has 0 bridgehead atoms. The van der Waals surface area contributed by atoms with Crippen LogP contribution in [-0.2, 0) is 11.2 Å². The first-order chi connectivity index (χ1) is 9.52. The molecule has 0 aromatic heterocycles. The zero-order chi connectivity index (χ0) is 14.6. The van der Waals surface area contributed by atoms with Crippen molar-refractivity contribution in [2.75, 3.05) is 6.54 Å². The van der Waals surface area contributed by atoms with Gasteiger partial charge in [0.1, 0.15) is 0 Å². The second-order valence-electron chi connectivity index (χ2n) is 6.31. The molecule has 1 unspecified atom stereocenters. The van der Waals surface area contributed by atoms with Gasteiger partial charge in [0.2, 0.25) is 5.91 Å². The average molecular weight is 274 g/mol. The normalized spacial score (nSPS) is 18.4. The van der Waals surface area contributed by atoms with Crippen molar-refractivity contribution in [2.24, 2.45) is 0 Å². The fourth-order valence-electron chi connectivity index (χ4n) is 2.69. The van der Waals surface area contributed by atoms with Gasteiger partial charge < -0.3 is 10.6 Å². The lowest BCUT2D eigenvalue weighted by atomic mass is 9.88. The summed E-state index contributed by atoms with van der Waals surface area (Å²) < 4.78 is 0. The molecule has 0 aliphatic heterocycles. The lowest BCUT2D eigenvalue weighted by Gasteiger charge is -2.28. The predicted octanol–water partition coefficient (Wildman–Crippen LogP) is 2.96. The number of benzene rings is 1. The third-order valence-electron chi connectivity index (χ3n) is 4.24. The molecule has 1 atom stereocenters. The van der Waals surface area contributed by atoms with E-state index in [2.05, 4.69) is 55.7 Å². The summed E-state index contributed by atoms with van der Waals surface area (Å²) >= 11 is 0. The van der Waals surface area contributed by atoms with E-state index in [-0.39, 0.29) is 11.4 Å². The van der Waals surface area contributed by atoms with Crippen molar-refractivity contribution < 1.29 is 4.79 Å². The van der Waals surface area contributed by atoms with Crippen LogP contribution < -0.4 is 10.6 Å². The maximum absolute atomic E-state index is 12.0. The van der Waals surface area contributed by atoms with Crippen molar-refractivity contribution >= 4 is 5.91 Å². The van der Waals surface area contributed by atoms with Crippen molar-refractivity contribution in [2.45, 2.75) is 58.0 Å². The van der Waals surface area contributed by atoms with E-state index in [1.807, 2.05) is 0 Å². The Labute approximate surface area is 122 Å². The number of aryl methyl sites for hydroxylation is 1. The monoisotopic (exact) mass is 274 g/mol. The van der Waals surface area contributed by atoms with Crippen molar-refractivity contribution in [3.8, 4) is 0 Å². The highest BCUT2D eigenvalue weighted by atomic mass is 16.2. The van der Waals surface area contributed by atoms with E-state index in [4.69, 9.17) is 0 Å². The molecule has 0 saturated heterocycles. The largest absolute Gasteiger partial charge is 0.350 e. The molecule has 0 radical (unpaired) electrons. The molecular formula is C17H26N2O. The third-order valence-corrected chi connectivity index (χ3v) is 4.24. The van der Waals surface area contributed by atoms with Gasteiger partial charge in [-0.2, -0.15) is 0 Å². The lowest BCUT2D eigenvalue weighted by Crippen LogP contribution is -2.47. The van der Waals surface area contributed by atoms with E-state index in [1.165, 1.54) is 17.5 Å². The second kappa shape index (κ2) is 6.40. The molecule has 3 heteroatoms. The van der Waals surface area contributed by atoms with E-state index < -0.39 is 0 Å². The van der Waals surface area contributed by atoms with Gasteiger partial charge in [-0.3, -0.25) is 4.79 Å². The SMILES string of the molecule is CCC(C)(C)NC(=O)CNC1CCCc2ccccc21. The highest BCUT2D eigenvalue weighted by Gasteiger charge is 2.21. The Morgan fingerprint density at radius 1 is 1.35 bits per heavy atom. The van der Waals surface area contributed by atoms with Crippen molar-refractivity contribution in [3.63, 3.8) is 0 Å². The zero-order valence-electron chi connectivity index (χ0n) is 12.8. The van der Waals surface area contributed by atoms with Crippen LogP contribution in [0.1, 0.15) is 57.2 Å². The van der Waals surface area contributed by atoms with Crippen molar-refractivity contribution in [1.82, 2.24) is 10.6 Å². The highest BCUT2D eigenvalue weighted by molar-refractivity contribution is 5.78. The molecule has 1 aliphatic carbocycles. The summed E-state index contributed by atoms with van der Waals surface area (Å²) in [7, 11) is 0. The van der Waals surface area contributed by atoms with Crippen LogP contribution in [0.4, 0.5) is 0 Å². The Hall–Kier alpha value is -1.35. The number of amides is 1. The van der Waals surface area contributed by atoms with Crippen LogP contribution in [-0.4, -0.2) is 18.0 Å². The number of nitrogens with one attached hydrogen (secondary N) is 2. The summed E-state index contributed by atoms with van der Waals surface area (Å²) in [5.74, 6) is 0.0832. The number of carbonyl (C=O) groups is 1. The number of hydrogen-bond acceptors (Lipinski definition) is 2. The van der Waals surface area contributed by atoms with Gasteiger partial charge in [-0.25, -0.2) is 0 Å². The van der Waals surface area contributed by atoms with Crippen molar-refractivity contribution in [1.29, 1.82) is 0 Å². The summed E-state index contributed by atoms with van der Waals surface area (Å²) in [4.78, 5) is 12.0. The number of carbonyl (C=O) groups excluding carboxylic acids is 1. The molecule has 0 saturated carbocycles. The number of hydrogen-bond donors (Lipinski definition) is 2. The summed E-state index contributed by atoms with van der Waals surface area (Å²) in [6.45, 7) is 6.59. The molecular weight excluding hydrogens is 248 g/mol. The van der Waals surface area contributed by atoms with Gasteiger partial charge >= 0.3 is 0 Å². The summed E-state index contributed by atoms with van der Waals surface area (Å²) in [6.07, 6.45) is 4.40. The van der Waals surface area contributed by atoms with Crippen molar-refractivity contribution in [3.05, 3.63) is 35.4 Å². The maximum atomic E-state index is 12.0. The van der Waals surface area contributed by atoms with Gasteiger partial charge in [-0.15, -0.1) is 0 Å². The molecule has 3 nitrogen and oxygen atoms in total. The standard InChI is InChI=1S/C17H26N2O/c1-4-17(2,3)19-16(20)12-18-15-11-7-9-13-8-5-6-10-14(13)15/h5-6,8,10,15,18H,4,7,9,11-12H2,1-3H3,(H,19,20). The van der Waals surface area contributed by atoms with Gasteiger partial charge in [0.15, 0.2) is 0 Å². The van der Waals surface area contributed by atoms with Gasteiger partial charge in [0, 0.05) is 11.6 Å². The predicted molar refractivity (Wildman–Crippen MR) is 82.6 cm³/mol. The van der Waals surface area contributed by atoms with Gasteiger partial charge in [-0.1, -0.05) is 31.2 Å². The molecule has 20 heavy (non-hydrogen) atoms. The Morgan fingerprint density at radius 3 is 2.85 bits per heavy atom. The average Bonchev–Trinajstić information content (AvgIpc) is 2.44. The summed E-state index contributed by atoms with van der Waals surface area (Å²) in [5.41, 5.74) is 2.66. The smallest absolute Gasteiger partial charge is 0.234 e. The number of fused-ring (bicyclic) bond motifs is 1. The molecule has 2 N–H and O–H groups in total. The van der Waals surface area contributed by atoms with E-state index in [9.17, 15) is 4.79 Å².